The number of nitrogens with two attached hydrogens (primary N) is 1. The van der Waals surface area contributed by atoms with Crippen molar-refractivity contribution in [1.82, 2.24) is 9.88 Å². The molecule has 0 saturated carbocycles. The Kier molecular flexibility index (Phi) is 3.87. The van der Waals surface area contributed by atoms with Gasteiger partial charge in [0, 0.05) is 17.2 Å². The number of amides is 2. The lowest BCUT2D eigenvalue weighted by Gasteiger charge is -2.22. The highest BCUT2D eigenvalue weighted by atomic mass is 79.9. The number of primary amides is 1. The Labute approximate surface area is 117 Å². The lowest BCUT2D eigenvalue weighted by Crippen LogP contribution is -2.43. The van der Waals surface area contributed by atoms with Gasteiger partial charge < -0.3 is 10.6 Å². The highest BCUT2D eigenvalue weighted by Crippen LogP contribution is 2.24. The Morgan fingerprint density at radius 1 is 1.56 bits per heavy atom. The Balaban J connectivity index is 2.31. The molecule has 2 N–H and O–H groups in total. The minimum atomic E-state index is -0.549. The Hall–Kier alpha value is -1.14. The van der Waals surface area contributed by atoms with Gasteiger partial charge in [-0.1, -0.05) is 11.6 Å². The summed E-state index contributed by atoms with van der Waals surface area (Å²) >= 11 is 9.13. The molecule has 1 atom stereocenters. The van der Waals surface area contributed by atoms with Crippen LogP contribution in [0.1, 0.15) is 23.2 Å². The average Bonchev–Trinajstić information content (AvgIpc) is 2.80. The van der Waals surface area contributed by atoms with Crippen LogP contribution in [0.4, 0.5) is 0 Å². The van der Waals surface area contributed by atoms with Gasteiger partial charge in [-0.15, -0.1) is 0 Å². The van der Waals surface area contributed by atoms with Gasteiger partial charge in [0.25, 0.3) is 5.91 Å². The summed E-state index contributed by atoms with van der Waals surface area (Å²) in [5.41, 5.74) is 5.56. The lowest BCUT2D eigenvalue weighted by atomic mass is 10.2. The minimum absolute atomic E-state index is 0.123. The number of pyridine rings is 1. The highest BCUT2D eigenvalue weighted by Gasteiger charge is 2.34. The Morgan fingerprint density at radius 2 is 2.28 bits per heavy atom. The molecule has 7 heteroatoms. The minimum Gasteiger partial charge on any atom is -0.368 e. The Morgan fingerprint density at radius 3 is 2.94 bits per heavy atom. The van der Waals surface area contributed by atoms with Crippen LogP contribution in [0.5, 0.6) is 0 Å². The first-order chi connectivity index (χ1) is 8.50. The van der Waals surface area contributed by atoms with Crippen molar-refractivity contribution in [3.63, 3.8) is 0 Å². The molecule has 0 radical (unpaired) electrons. The molecule has 1 saturated heterocycles. The van der Waals surface area contributed by atoms with E-state index in [1.807, 2.05) is 0 Å². The zero-order valence-electron chi connectivity index (χ0n) is 9.40. The number of nitrogens with zero attached hydrogens (tertiary/aromatic N) is 2. The van der Waals surface area contributed by atoms with E-state index in [9.17, 15) is 9.59 Å². The normalized spacial score (nSPS) is 19.0. The van der Waals surface area contributed by atoms with Gasteiger partial charge in [-0.05, 0) is 34.8 Å². The molecular weight excluding hydrogens is 321 g/mol. The summed E-state index contributed by atoms with van der Waals surface area (Å²) in [7, 11) is 0. The van der Waals surface area contributed by atoms with Crippen LogP contribution in [0, 0.1) is 0 Å². The van der Waals surface area contributed by atoms with Gasteiger partial charge in [-0.3, -0.25) is 9.59 Å². The topological polar surface area (TPSA) is 76.3 Å². The van der Waals surface area contributed by atoms with Crippen LogP contribution in [0.2, 0.25) is 5.15 Å². The first kappa shape index (κ1) is 13.3. The molecule has 1 aliphatic rings. The average molecular weight is 333 g/mol. The highest BCUT2D eigenvalue weighted by molar-refractivity contribution is 9.10. The summed E-state index contributed by atoms with van der Waals surface area (Å²) < 4.78 is 0.657. The molecule has 1 aromatic rings. The third kappa shape index (κ3) is 2.49. The molecule has 2 rings (SSSR count). The number of aromatic nitrogens is 1. The van der Waals surface area contributed by atoms with Crippen molar-refractivity contribution in [2.45, 2.75) is 18.9 Å². The van der Waals surface area contributed by atoms with Gasteiger partial charge in [0.05, 0.1) is 5.56 Å². The maximum absolute atomic E-state index is 12.3. The van der Waals surface area contributed by atoms with Gasteiger partial charge in [-0.2, -0.15) is 0 Å². The van der Waals surface area contributed by atoms with Crippen LogP contribution < -0.4 is 5.73 Å². The fourth-order valence-corrected chi connectivity index (χ4v) is 2.55. The van der Waals surface area contributed by atoms with Gasteiger partial charge in [0.2, 0.25) is 5.91 Å². The van der Waals surface area contributed by atoms with E-state index in [0.717, 1.165) is 6.42 Å². The number of carbonyl (C=O) groups is 2. The second kappa shape index (κ2) is 5.24. The second-order valence-corrected chi connectivity index (χ2v) is 5.32. The number of hydrogen-bond donors (Lipinski definition) is 1. The molecule has 0 bridgehead atoms. The SMILES string of the molecule is NC(=O)C1CCCN1C(=O)c1cc(Br)cnc1Cl. The largest absolute Gasteiger partial charge is 0.368 e. The lowest BCUT2D eigenvalue weighted by molar-refractivity contribution is -0.121. The molecule has 1 aromatic heterocycles. The summed E-state index contributed by atoms with van der Waals surface area (Å²) in [5.74, 6) is -0.796. The van der Waals surface area contributed by atoms with E-state index >= 15 is 0 Å². The molecule has 2 amide bonds. The van der Waals surface area contributed by atoms with Crippen LogP contribution in [-0.4, -0.2) is 34.3 Å². The maximum Gasteiger partial charge on any atom is 0.257 e. The summed E-state index contributed by atoms with van der Waals surface area (Å²) in [5, 5.41) is 0.123. The van der Waals surface area contributed by atoms with Crippen LogP contribution >= 0.6 is 27.5 Å². The summed E-state index contributed by atoms with van der Waals surface area (Å²) in [6.07, 6.45) is 2.87. The first-order valence-corrected chi connectivity index (χ1v) is 6.59. The molecule has 0 aromatic carbocycles. The van der Waals surface area contributed by atoms with Crippen molar-refractivity contribution < 1.29 is 9.59 Å². The molecular formula is C11H11BrClN3O2. The second-order valence-electron chi connectivity index (χ2n) is 4.05. The molecule has 1 fully saturated rings. The van der Waals surface area contributed by atoms with E-state index in [-0.39, 0.29) is 16.6 Å². The van der Waals surface area contributed by atoms with Gasteiger partial charge >= 0.3 is 0 Å². The van der Waals surface area contributed by atoms with Crippen LogP contribution in [0.25, 0.3) is 0 Å². The van der Waals surface area contributed by atoms with Crippen molar-refractivity contribution in [2.24, 2.45) is 5.73 Å². The van der Waals surface area contributed by atoms with E-state index in [0.29, 0.717) is 17.4 Å². The van der Waals surface area contributed by atoms with Crippen molar-refractivity contribution in [3.05, 3.63) is 27.5 Å². The van der Waals surface area contributed by atoms with Crippen LogP contribution in [0.3, 0.4) is 0 Å². The number of rotatable bonds is 2. The molecule has 1 aliphatic heterocycles. The van der Waals surface area contributed by atoms with E-state index < -0.39 is 11.9 Å². The van der Waals surface area contributed by atoms with E-state index in [4.69, 9.17) is 17.3 Å². The van der Waals surface area contributed by atoms with Crippen molar-refractivity contribution >= 4 is 39.3 Å². The van der Waals surface area contributed by atoms with Crippen LogP contribution in [0.15, 0.2) is 16.7 Å². The van der Waals surface area contributed by atoms with Crippen molar-refractivity contribution in [1.29, 1.82) is 0 Å². The molecule has 2 heterocycles. The predicted octanol–water partition coefficient (Wildman–Crippen LogP) is 1.59. The smallest absolute Gasteiger partial charge is 0.257 e. The first-order valence-electron chi connectivity index (χ1n) is 5.42. The molecule has 96 valence electrons. The monoisotopic (exact) mass is 331 g/mol. The van der Waals surface area contributed by atoms with Gasteiger partial charge in [0.1, 0.15) is 11.2 Å². The molecule has 1 unspecified atom stereocenters. The third-order valence-corrected chi connectivity index (χ3v) is 3.61. The van der Waals surface area contributed by atoms with E-state index in [2.05, 4.69) is 20.9 Å². The standard InChI is InChI=1S/C11H11BrClN3O2/c12-6-4-7(9(13)15-5-6)11(18)16-3-1-2-8(16)10(14)17/h4-5,8H,1-3H2,(H2,14,17). The van der Waals surface area contributed by atoms with Crippen LogP contribution in [-0.2, 0) is 4.79 Å². The summed E-state index contributed by atoms with van der Waals surface area (Å²) in [4.78, 5) is 28.9. The van der Waals surface area contributed by atoms with Gasteiger partial charge in [-0.25, -0.2) is 4.98 Å². The Bertz CT molecular complexity index is 509. The quantitative estimate of drug-likeness (QED) is 0.836. The summed E-state index contributed by atoms with van der Waals surface area (Å²) in [6, 6.07) is 1.04. The number of hydrogen-bond acceptors (Lipinski definition) is 3. The van der Waals surface area contributed by atoms with E-state index in [1.54, 1.807) is 6.07 Å². The van der Waals surface area contributed by atoms with Gasteiger partial charge in [0.15, 0.2) is 0 Å². The molecule has 0 aliphatic carbocycles. The number of likely N-dealkylation sites (tertiary alicyclic amines) is 1. The maximum atomic E-state index is 12.3. The number of carbonyl (C=O) groups excluding carboxylic acids is 2. The molecule has 18 heavy (non-hydrogen) atoms. The summed E-state index contributed by atoms with van der Waals surface area (Å²) in [6.45, 7) is 0.509. The zero-order chi connectivity index (χ0) is 13.3. The predicted molar refractivity (Wildman–Crippen MR) is 70.2 cm³/mol. The van der Waals surface area contributed by atoms with Crippen molar-refractivity contribution in [2.75, 3.05) is 6.54 Å². The number of halogens is 2. The molecule has 0 spiro atoms. The fourth-order valence-electron chi connectivity index (χ4n) is 2.03. The fraction of sp³-hybridized carbons (Fsp3) is 0.364. The van der Waals surface area contributed by atoms with Crippen molar-refractivity contribution in [3.8, 4) is 0 Å². The zero-order valence-corrected chi connectivity index (χ0v) is 11.7. The third-order valence-electron chi connectivity index (χ3n) is 2.88. The van der Waals surface area contributed by atoms with E-state index in [1.165, 1.54) is 11.1 Å². The molecule has 5 nitrogen and oxygen atoms in total.